The number of H-pyrrole nitrogens is 1. The fourth-order valence-corrected chi connectivity index (χ4v) is 2.95. The minimum atomic E-state index is 0.0211. The van der Waals surface area contributed by atoms with Crippen LogP contribution in [-0.2, 0) is 11.2 Å². The Morgan fingerprint density at radius 2 is 2.20 bits per heavy atom. The zero-order valence-corrected chi connectivity index (χ0v) is 12.2. The normalized spacial score (nSPS) is 17.9. The van der Waals surface area contributed by atoms with Crippen molar-refractivity contribution in [1.82, 2.24) is 25.8 Å². The minimum Gasteiger partial charge on any atom is -0.356 e. The number of amides is 1. The van der Waals surface area contributed by atoms with Gasteiger partial charge < -0.3 is 10.6 Å². The van der Waals surface area contributed by atoms with Gasteiger partial charge in [-0.05, 0) is 26.3 Å². The van der Waals surface area contributed by atoms with E-state index in [1.165, 1.54) is 25.6 Å². The molecule has 1 amide bonds. The molecule has 0 spiro atoms. The van der Waals surface area contributed by atoms with Gasteiger partial charge in [-0.15, -0.1) is 0 Å². The van der Waals surface area contributed by atoms with Gasteiger partial charge in [-0.1, -0.05) is 19.3 Å². The Balaban J connectivity index is 1.66. The van der Waals surface area contributed by atoms with E-state index in [2.05, 4.69) is 25.8 Å². The molecule has 0 aliphatic heterocycles. The van der Waals surface area contributed by atoms with E-state index in [0.29, 0.717) is 13.0 Å². The lowest BCUT2D eigenvalue weighted by Gasteiger charge is -2.36. The average Bonchev–Trinajstić information content (AvgIpc) is 2.98. The molecule has 6 nitrogen and oxygen atoms in total. The van der Waals surface area contributed by atoms with E-state index in [1.54, 1.807) is 0 Å². The molecular formula is C14H25N5O. The number of nitrogens with one attached hydrogen (secondary N) is 3. The molecule has 6 heteroatoms. The van der Waals surface area contributed by atoms with E-state index in [9.17, 15) is 4.79 Å². The lowest BCUT2D eigenvalue weighted by Crippen LogP contribution is -2.48. The smallest absolute Gasteiger partial charge is 0.221 e. The van der Waals surface area contributed by atoms with Crippen molar-refractivity contribution in [3.63, 3.8) is 0 Å². The maximum Gasteiger partial charge on any atom is 0.221 e. The van der Waals surface area contributed by atoms with Gasteiger partial charge in [-0.2, -0.15) is 5.10 Å². The highest BCUT2D eigenvalue weighted by atomic mass is 16.1. The van der Waals surface area contributed by atoms with Gasteiger partial charge in [0.1, 0.15) is 12.2 Å². The monoisotopic (exact) mass is 279 g/mol. The Morgan fingerprint density at radius 1 is 1.40 bits per heavy atom. The van der Waals surface area contributed by atoms with Gasteiger partial charge in [-0.3, -0.25) is 9.89 Å². The summed E-state index contributed by atoms with van der Waals surface area (Å²) in [6.07, 6.45) is 9.75. The number of aryl methyl sites for hydroxylation is 1. The summed E-state index contributed by atoms with van der Waals surface area (Å²) in [5.41, 5.74) is 0.0211. The number of rotatable bonds is 7. The molecule has 0 atom stereocenters. The maximum absolute atomic E-state index is 12.0. The molecule has 1 aliphatic carbocycles. The molecule has 1 aliphatic rings. The van der Waals surface area contributed by atoms with Gasteiger partial charge in [0, 0.05) is 24.9 Å². The van der Waals surface area contributed by atoms with Gasteiger partial charge in [0.05, 0.1) is 0 Å². The predicted molar refractivity (Wildman–Crippen MR) is 77.2 cm³/mol. The molecule has 2 rings (SSSR count). The number of nitrogens with zero attached hydrogens (tertiary/aromatic N) is 2. The van der Waals surface area contributed by atoms with Crippen LogP contribution in [0.25, 0.3) is 0 Å². The van der Waals surface area contributed by atoms with E-state index >= 15 is 0 Å². The van der Waals surface area contributed by atoms with Crippen LogP contribution in [0.3, 0.4) is 0 Å². The summed E-state index contributed by atoms with van der Waals surface area (Å²) in [6.45, 7) is 0.694. The van der Waals surface area contributed by atoms with Gasteiger partial charge in [0.25, 0.3) is 0 Å². The first-order valence-electron chi connectivity index (χ1n) is 7.54. The molecule has 1 heterocycles. The van der Waals surface area contributed by atoms with E-state index in [0.717, 1.165) is 31.5 Å². The van der Waals surface area contributed by atoms with E-state index in [1.807, 2.05) is 7.05 Å². The molecule has 0 saturated heterocycles. The SMILES string of the molecule is CNC1(CC(=O)NCCCc2ncn[nH]2)CCCCC1. The number of hydrogen-bond acceptors (Lipinski definition) is 4. The van der Waals surface area contributed by atoms with Gasteiger partial charge >= 0.3 is 0 Å². The molecule has 3 N–H and O–H groups in total. The lowest BCUT2D eigenvalue weighted by molar-refractivity contribution is -0.122. The predicted octanol–water partition coefficient (Wildman–Crippen LogP) is 1.17. The summed E-state index contributed by atoms with van der Waals surface area (Å²) in [4.78, 5) is 16.1. The first-order chi connectivity index (χ1) is 9.74. The summed E-state index contributed by atoms with van der Waals surface area (Å²) in [5.74, 6) is 1.03. The third kappa shape index (κ3) is 4.30. The van der Waals surface area contributed by atoms with Crippen LogP contribution < -0.4 is 10.6 Å². The van der Waals surface area contributed by atoms with Crippen LogP contribution in [0.1, 0.15) is 50.8 Å². The Hall–Kier alpha value is -1.43. The largest absolute Gasteiger partial charge is 0.356 e. The molecule has 0 bridgehead atoms. The van der Waals surface area contributed by atoms with Gasteiger partial charge in [0.2, 0.25) is 5.91 Å². The van der Waals surface area contributed by atoms with Crippen LogP contribution in [0.2, 0.25) is 0 Å². The Morgan fingerprint density at radius 3 is 2.85 bits per heavy atom. The summed E-state index contributed by atoms with van der Waals surface area (Å²) in [6, 6.07) is 0. The summed E-state index contributed by atoms with van der Waals surface area (Å²) >= 11 is 0. The number of aromatic nitrogens is 3. The molecule has 112 valence electrons. The van der Waals surface area contributed by atoms with Crippen molar-refractivity contribution in [2.45, 2.75) is 56.9 Å². The topological polar surface area (TPSA) is 82.7 Å². The van der Waals surface area contributed by atoms with Crippen molar-refractivity contribution in [2.75, 3.05) is 13.6 Å². The molecule has 1 fully saturated rings. The number of aromatic amines is 1. The summed E-state index contributed by atoms with van der Waals surface area (Å²) in [7, 11) is 1.97. The second-order valence-corrected chi connectivity index (χ2v) is 5.65. The fraction of sp³-hybridized carbons (Fsp3) is 0.786. The maximum atomic E-state index is 12.0. The van der Waals surface area contributed by atoms with Crippen LogP contribution in [0.4, 0.5) is 0 Å². The lowest BCUT2D eigenvalue weighted by atomic mass is 9.79. The van der Waals surface area contributed by atoms with Crippen LogP contribution in [-0.4, -0.2) is 40.2 Å². The summed E-state index contributed by atoms with van der Waals surface area (Å²) in [5, 5.41) is 13.0. The Labute approximate surface area is 120 Å². The van der Waals surface area contributed by atoms with Crippen molar-refractivity contribution in [1.29, 1.82) is 0 Å². The number of hydrogen-bond donors (Lipinski definition) is 3. The van der Waals surface area contributed by atoms with Crippen molar-refractivity contribution >= 4 is 5.91 Å². The fourth-order valence-electron chi connectivity index (χ4n) is 2.95. The van der Waals surface area contributed by atoms with Crippen LogP contribution in [0.15, 0.2) is 6.33 Å². The molecular weight excluding hydrogens is 254 g/mol. The zero-order valence-electron chi connectivity index (χ0n) is 12.2. The molecule has 1 aromatic heterocycles. The minimum absolute atomic E-state index is 0.0211. The first kappa shape index (κ1) is 15.0. The third-order valence-corrected chi connectivity index (χ3v) is 4.22. The molecule has 20 heavy (non-hydrogen) atoms. The van der Waals surface area contributed by atoms with Crippen LogP contribution in [0, 0.1) is 0 Å². The quantitative estimate of drug-likeness (QED) is 0.654. The van der Waals surface area contributed by atoms with E-state index < -0.39 is 0 Å². The Kier molecular flexibility index (Phi) is 5.52. The third-order valence-electron chi connectivity index (χ3n) is 4.22. The highest BCUT2D eigenvalue weighted by molar-refractivity contribution is 5.77. The molecule has 1 saturated carbocycles. The van der Waals surface area contributed by atoms with Gasteiger partial charge in [-0.25, -0.2) is 4.98 Å². The molecule has 1 aromatic rings. The van der Waals surface area contributed by atoms with Crippen LogP contribution >= 0.6 is 0 Å². The number of carbonyl (C=O) groups excluding carboxylic acids is 1. The highest BCUT2D eigenvalue weighted by Gasteiger charge is 2.32. The zero-order chi connectivity index (χ0) is 14.3. The van der Waals surface area contributed by atoms with Crippen LogP contribution in [0.5, 0.6) is 0 Å². The molecule has 0 radical (unpaired) electrons. The van der Waals surface area contributed by atoms with Crippen molar-refractivity contribution in [3.05, 3.63) is 12.2 Å². The average molecular weight is 279 g/mol. The second-order valence-electron chi connectivity index (χ2n) is 5.65. The number of carbonyl (C=O) groups is 1. The second kappa shape index (κ2) is 7.38. The van der Waals surface area contributed by atoms with Crippen molar-refractivity contribution < 1.29 is 4.79 Å². The molecule has 0 unspecified atom stereocenters. The van der Waals surface area contributed by atoms with Crippen molar-refractivity contribution in [3.8, 4) is 0 Å². The standard InChI is InChI=1S/C14H25N5O/c1-15-14(7-3-2-4-8-14)10-13(20)16-9-5-6-12-17-11-18-19-12/h11,15H,2-10H2,1H3,(H,16,20)(H,17,18,19). The van der Waals surface area contributed by atoms with E-state index in [-0.39, 0.29) is 11.4 Å². The molecule has 0 aromatic carbocycles. The highest BCUT2D eigenvalue weighted by Crippen LogP contribution is 2.30. The van der Waals surface area contributed by atoms with E-state index in [4.69, 9.17) is 0 Å². The first-order valence-corrected chi connectivity index (χ1v) is 7.54. The van der Waals surface area contributed by atoms with Crippen molar-refractivity contribution in [2.24, 2.45) is 0 Å². The van der Waals surface area contributed by atoms with Gasteiger partial charge in [0.15, 0.2) is 0 Å². The summed E-state index contributed by atoms with van der Waals surface area (Å²) < 4.78 is 0. The Bertz CT molecular complexity index is 398.